The first kappa shape index (κ1) is 28.9. The third-order valence-corrected chi connectivity index (χ3v) is 13.4. The Morgan fingerprint density at radius 1 is 1.05 bits per heavy atom. The van der Waals surface area contributed by atoms with Crippen molar-refractivity contribution in [2.45, 2.75) is 110 Å². The van der Waals surface area contributed by atoms with Crippen LogP contribution in [0, 0.1) is 51.2 Å². The first-order valence-corrected chi connectivity index (χ1v) is 15.3. The first-order valence-electron chi connectivity index (χ1n) is 15.3. The van der Waals surface area contributed by atoms with E-state index in [0.717, 1.165) is 19.3 Å². The minimum Gasteiger partial charge on any atom is -0.478 e. The van der Waals surface area contributed by atoms with Crippen LogP contribution in [0.25, 0.3) is 0 Å². The van der Waals surface area contributed by atoms with E-state index in [-0.39, 0.29) is 29.0 Å². The number of allylic oxidation sites excluding steroid dienone is 4. The van der Waals surface area contributed by atoms with Crippen molar-refractivity contribution in [3.8, 4) is 0 Å². The minimum atomic E-state index is -2.11. The Bertz CT molecular complexity index is 1270. The number of ketones is 1. The van der Waals surface area contributed by atoms with Gasteiger partial charge in [0.05, 0.1) is 6.10 Å². The molecular weight excluding hydrogens is 527 g/mol. The predicted octanol–water partition coefficient (Wildman–Crippen LogP) is 6.04. The van der Waals surface area contributed by atoms with Crippen molar-refractivity contribution in [3.05, 3.63) is 23.8 Å². The number of aliphatic carboxylic acids is 1. The normalized spacial score (nSPS) is 52.8. The number of aliphatic hydroxyl groups excluding tert-OH is 1. The summed E-state index contributed by atoms with van der Waals surface area (Å²) in [6.45, 7) is 13.5. The van der Waals surface area contributed by atoms with Gasteiger partial charge in [-0.2, -0.15) is 0 Å². The molecule has 6 rings (SSSR count). The zero-order valence-corrected chi connectivity index (χ0v) is 25.3. The molecule has 0 radical (unpaired) electrons. The molecule has 1 unspecified atom stereocenters. The second-order valence-corrected chi connectivity index (χ2v) is 15.7. The van der Waals surface area contributed by atoms with Crippen molar-refractivity contribution in [1.82, 2.24) is 0 Å². The topological polar surface area (TPSA) is 110 Å². The van der Waals surface area contributed by atoms with Crippen LogP contribution in [0.5, 0.6) is 0 Å². The Hall–Kier alpha value is -2.22. The van der Waals surface area contributed by atoms with Gasteiger partial charge in [0.1, 0.15) is 6.10 Å². The second kappa shape index (κ2) is 8.45. The number of fused-ring (bicyclic) bond motifs is 7. The van der Waals surface area contributed by atoms with Crippen LogP contribution in [0.1, 0.15) is 87.0 Å². The van der Waals surface area contributed by atoms with Crippen LogP contribution < -0.4 is 0 Å². The number of carbonyl (C=O) groups is 3. The van der Waals surface area contributed by atoms with Crippen molar-refractivity contribution in [1.29, 1.82) is 0 Å². The zero-order chi connectivity index (χ0) is 30.1. The monoisotopic (exact) mass is 572 g/mol. The fourth-order valence-electron chi connectivity index (χ4n) is 11.4. The molecule has 0 aromatic rings. The average molecular weight is 573 g/mol. The van der Waals surface area contributed by atoms with Gasteiger partial charge in [-0.05, 0) is 75.4 Å². The van der Waals surface area contributed by atoms with E-state index in [9.17, 15) is 24.6 Å². The van der Waals surface area contributed by atoms with E-state index in [4.69, 9.17) is 9.47 Å². The van der Waals surface area contributed by atoms with Crippen LogP contribution in [0.3, 0.4) is 0 Å². The van der Waals surface area contributed by atoms with Gasteiger partial charge in [-0.3, -0.25) is 4.79 Å². The minimum absolute atomic E-state index is 0.140. The number of carboxylic acid groups (broad SMARTS) is 1. The van der Waals surface area contributed by atoms with Gasteiger partial charge >= 0.3 is 12.1 Å². The molecule has 2 N–H and O–H groups in total. The molecule has 6 aliphatic rings. The maximum absolute atomic E-state index is 17.6. The molecule has 41 heavy (non-hydrogen) atoms. The molecule has 2 bridgehead atoms. The lowest BCUT2D eigenvalue weighted by atomic mass is 9.43. The smallest absolute Gasteiger partial charge is 0.478 e. The van der Waals surface area contributed by atoms with Gasteiger partial charge in [-0.15, -0.1) is 0 Å². The number of rotatable bonds is 3. The molecule has 7 nitrogen and oxygen atoms in total. The summed E-state index contributed by atoms with van der Waals surface area (Å²) in [6, 6.07) is 0. The van der Waals surface area contributed by atoms with Gasteiger partial charge in [-0.25, -0.2) is 14.0 Å². The summed E-state index contributed by atoms with van der Waals surface area (Å²) in [7, 11) is 0. The third kappa shape index (κ3) is 3.32. The fraction of sp³-hybridized carbons (Fsp3) is 0.788. The van der Waals surface area contributed by atoms with E-state index in [1.54, 1.807) is 26.8 Å². The number of ether oxygens (including phenoxy) is 2. The second-order valence-electron chi connectivity index (χ2n) is 15.7. The van der Waals surface area contributed by atoms with E-state index in [0.29, 0.717) is 24.3 Å². The highest BCUT2D eigenvalue weighted by atomic mass is 19.1. The molecule has 0 amide bonds. The van der Waals surface area contributed by atoms with Crippen LogP contribution >= 0.6 is 0 Å². The fourth-order valence-corrected chi connectivity index (χ4v) is 11.4. The Morgan fingerprint density at radius 3 is 2.34 bits per heavy atom. The Balaban J connectivity index is 1.36. The molecule has 226 valence electrons. The number of hydrogen-bond acceptors (Lipinski definition) is 6. The lowest BCUT2D eigenvalue weighted by Gasteiger charge is -2.63. The van der Waals surface area contributed by atoms with Crippen LogP contribution in [-0.2, 0) is 19.1 Å². The van der Waals surface area contributed by atoms with Crippen molar-refractivity contribution in [2.24, 2.45) is 51.2 Å². The van der Waals surface area contributed by atoms with Crippen molar-refractivity contribution in [3.63, 3.8) is 0 Å². The number of hydrogen-bond donors (Lipinski definition) is 2. The van der Waals surface area contributed by atoms with Gasteiger partial charge in [0, 0.05) is 33.5 Å². The summed E-state index contributed by atoms with van der Waals surface area (Å²) >= 11 is 0. The summed E-state index contributed by atoms with van der Waals surface area (Å²) in [5.41, 5.74) is -6.30. The maximum Gasteiger partial charge on any atom is 0.509 e. The largest absolute Gasteiger partial charge is 0.509 e. The summed E-state index contributed by atoms with van der Waals surface area (Å²) in [4.78, 5) is 39.1. The summed E-state index contributed by atoms with van der Waals surface area (Å²) in [6.07, 6.45) is 5.02. The maximum atomic E-state index is 17.6. The number of carboxylic acids is 1. The Kier molecular flexibility index (Phi) is 5.95. The van der Waals surface area contributed by atoms with Gasteiger partial charge in [0.25, 0.3) is 0 Å². The molecule has 0 saturated heterocycles. The molecule has 12 atom stereocenters. The molecule has 0 heterocycles. The SMILES string of the molecule is C[C@@H]1C[C@H]2[C@@H]3C[C@H](C)C4=CC(=O)C=C[C@]4(C)[C@@]3(F)[C@@H](O)C[C@]2(C)C1(OC(=O)O[C@H]1C(C)(C)[C@H]2CC[C@]1(C)C2)C(=O)O. The van der Waals surface area contributed by atoms with Crippen molar-refractivity contribution >= 4 is 17.9 Å². The molecule has 0 spiro atoms. The number of carbonyl (C=O) groups excluding carboxylic acids is 2. The average Bonchev–Trinajstić information content (AvgIpc) is 3.44. The van der Waals surface area contributed by atoms with E-state index in [1.165, 1.54) is 12.2 Å². The van der Waals surface area contributed by atoms with Crippen LogP contribution in [0.2, 0.25) is 0 Å². The highest BCUT2D eigenvalue weighted by molar-refractivity contribution is 6.01. The lowest BCUT2D eigenvalue weighted by Crippen LogP contribution is -2.70. The molecule has 0 aromatic carbocycles. The molecule has 6 aliphatic carbocycles. The number of halogens is 1. The quantitative estimate of drug-likeness (QED) is 0.397. The summed E-state index contributed by atoms with van der Waals surface area (Å²) < 4.78 is 29.7. The van der Waals surface area contributed by atoms with E-state index >= 15 is 4.39 Å². The van der Waals surface area contributed by atoms with E-state index < -0.39 is 64.2 Å². The highest BCUT2D eigenvalue weighted by Crippen LogP contribution is 2.72. The number of alkyl halides is 1. The van der Waals surface area contributed by atoms with Crippen LogP contribution in [0.4, 0.5) is 9.18 Å². The molecule has 0 aliphatic heterocycles. The van der Waals surface area contributed by atoms with E-state index in [1.807, 2.05) is 6.92 Å². The summed E-state index contributed by atoms with van der Waals surface area (Å²) in [5, 5.41) is 22.5. The van der Waals surface area contributed by atoms with Gasteiger partial charge in [-0.1, -0.05) is 53.2 Å². The predicted molar refractivity (Wildman–Crippen MR) is 148 cm³/mol. The molecular formula is C33H45FO7. The lowest BCUT2D eigenvalue weighted by molar-refractivity contribution is -0.233. The van der Waals surface area contributed by atoms with Crippen LogP contribution in [0.15, 0.2) is 23.8 Å². The highest BCUT2D eigenvalue weighted by Gasteiger charge is 2.78. The van der Waals surface area contributed by atoms with Crippen LogP contribution in [-0.4, -0.2) is 51.6 Å². The Labute approximate surface area is 241 Å². The zero-order valence-electron chi connectivity index (χ0n) is 25.3. The first-order chi connectivity index (χ1) is 18.9. The van der Waals surface area contributed by atoms with Crippen molar-refractivity contribution < 1.29 is 38.5 Å². The standard InChI is InChI=1S/C33H45FO7/c1-17-12-23-22-13-18(2)33(26(37)38,41-27(39)40-25-28(3,4)19-8-10-29(25,5)15-19)31(22,7)16-24(36)32(23,34)30(6)11-9-20(35)14-21(17)30/h9,11,14,17-19,22-25,36H,8,10,12-13,15-16H2,1-7H3,(H,37,38)/t17-,18+,19-,22-,23-,24-,25-,29+,30-,31-,32-,33?/m0/s1. The molecule has 5 fully saturated rings. The third-order valence-electron chi connectivity index (χ3n) is 13.4. The molecule has 5 saturated carbocycles. The van der Waals surface area contributed by atoms with Gasteiger partial charge in [0.2, 0.25) is 5.60 Å². The molecule has 0 aromatic heterocycles. The van der Waals surface area contributed by atoms with Gasteiger partial charge < -0.3 is 19.7 Å². The summed E-state index contributed by atoms with van der Waals surface area (Å²) in [5.74, 6) is -3.00. The molecule has 8 heteroatoms. The number of aliphatic hydroxyl groups is 1. The van der Waals surface area contributed by atoms with E-state index in [2.05, 4.69) is 20.8 Å². The Morgan fingerprint density at radius 2 is 1.73 bits per heavy atom. The van der Waals surface area contributed by atoms with Crippen molar-refractivity contribution in [2.75, 3.05) is 0 Å². The van der Waals surface area contributed by atoms with Gasteiger partial charge in [0.15, 0.2) is 11.5 Å².